The largest absolute Gasteiger partial charge is 0.478 e. The molecule has 0 unspecified atom stereocenters. The van der Waals surface area contributed by atoms with Crippen molar-refractivity contribution in [2.75, 3.05) is 13.7 Å². The van der Waals surface area contributed by atoms with Crippen molar-refractivity contribution in [2.45, 2.75) is 6.92 Å². The summed E-state index contributed by atoms with van der Waals surface area (Å²) in [6.07, 6.45) is 0. The average molecular weight is 213 g/mol. The summed E-state index contributed by atoms with van der Waals surface area (Å²) in [6, 6.07) is 8.03. The Kier molecular flexibility index (Phi) is 4.26. The second kappa shape index (κ2) is 5.50. The minimum Gasteiger partial charge on any atom is -0.478 e. The number of rotatable bonds is 3. The van der Waals surface area contributed by atoms with E-state index in [1.165, 1.54) is 7.11 Å². The van der Waals surface area contributed by atoms with Crippen molar-refractivity contribution in [3.05, 3.63) is 34.9 Å². The van der Waals surface area contributed by atoms with E-state index in [0.29, 0.717) is 23.1 Å². The maximum Gasteiger partial charge on any atom is 0.258 e. The van der Waals surface area contributed by atoms with Crippen LogP contribution in [0, 0.1) is 6.07 Å². The van der Waals surface area contributed by atoms with E-state index < -0.39 is 0 Å². The van der Waals surface area contributed by atoms with E-state index in [-0.39, 0.29) is 0 Å². The molecule has 0 amide bonds. The van der Waals surface area contributed by atoms with Gasteiger partial charge >= 0.3 is 0 Å². The minimum absolute atomic E-state index is 0.355. The van der Waals surface area contributed by atoms with Gasteiger partial charge in [0.05, 0.1) is 17.7 Å². The van der Waals surface area contributed by atoms with E-state index in [1.807, 2.05) is 6.92 Å². The highest BCUT2D eigenvalue weighted by atomic mass is 35.5. The van der Waals surface area contributed by atoms with Gasteiger partial charge in [-0.25, -0.2) is 0 Å². The minimum atomic E-state index is 0.355. The molecule has 4 heteroatoms. The van der Waals surface area contributed by atoms with Crippen LogP contribution in [-0.4, -0.2) is 19.6 Å². The van der Waals surface area contributed by atoms with Crippen molar-refractivity contribution in [2.24, 2.45) is 5.16 Å². The number of methoxy groups -OCH3 is 1. The van der Waals surface area contributed by atoms with Gasteiger partial charge in [0.15, 0.2) is 0 Å². The van der Waals surface area contributed by atoms with Gasteiger partial charge in [-0.1, -0.05) is 17.7 Å². The Balaban J connectivity index is 2.95. The lowest BCUT2D eigenvalue weighted by atomic mass is 10.2. The van der Waals surface area contributed by atoms with Crippen molar-refractivity contribution in [3.63, 3.8) is 0 Å². The standard InChI is InChI=1S/C10H11ClNO2/c1-3-14-12-10(13-2)8-6-4-5-7-9(8)11/h5-7H,3H2,1-2H3. The second-order valence-corrected chi connectivity index (χ2v) is 2.83. The van der Waals surface area contributed by atoms with Gasteiger partial charge in [0, 0.05) is 0 Å². The summed E-state index contributed by atoms with van der Waals surface area (Å²) < 4.78 is 5.04. The molecular formula is C10H11ClNO2. The highest BCUT2D eigenvalue weighted by Crippen LogP contribution is 2.15. The van der Waals surface area contributed by atoms with Gasteiger partial charge in [-0.3, -0.25) is 0 Å². The number of benzene rings is 1. The number of nitrogens with zero attached hydrogens (tertiary/aromatic N) is 1. The maximum absolute atomic E-state index is 5.94. The van der Waals surface area contributed by atoms with E-state index in [2.05, 4.69) is 11.2 Å². The molecule has 0 heterocycles. The molecule has 75 valence electrons. The molecule has 0 bridgehead atoms. The lowest BCUT2D eigenvalue weighted by Crippen LogP contribution is -2.05. The van der Waals surface area contributed by atoms with Crippen LogP contribution in [0.4, 0.5) is 0 Å². The number of oxime groups is 1. The van der Waals surface area contributed by atoms with Crippen LogP contribution in [0.15, 0.2) is 23.4 Å². The molecule has 14 heavy (non-hydrogen) atoms. The Morgan fingerprint density at radius 2 is 2.43 bits per heavy atom. The normalized spacial score (nSPS) is 11.2. The predicted molar refractivity (Wildman–Crippen MR) is 55.5 cm³/mol. The smallest absolute Gasteiger partial charge is 0.258 e. The third kappa shape index (κ3) is 2.64. The van der Waals surface area contributed by atoms with Crippen LogP contribution < -0.4 is 0 Å². The quantitative estimate of drug-likeness (QED) is 0.438. The molecule has 3 nitrogen and oxygen atoms in total. The van der Waals surface area contributed by atoms with E-state index >= 15 is 0 Å². The molecule has 0 aromatic heterocycles. The fourth-order valence-corrected chi connectivity index (χ4v) is 1.09. The van der Waals surface area contributed by atoms with Crippen LogP contribution in [0.3, 0.4) is 0 Å². The van der Waals surface area contributed by atoms with E-state index in [4.69, 9.17) is 21.2 Å². The number of halogens is 1. The van der Waals surface area contributed by atoms with Gasteiger partial charge in [-0.05, 0) is 30.3 Å². The Labute approximate surface area is 88.3 Å². The summed E-state index contributed by atoms with van der Waals surface area (Å²) >= 11 is 5.94. The first kappa shape index (κ1) is 10.9. The van der Waals surface area contributed by atoms with Crippen molar-refractivity contribution >= 4 is 17.5 Å². The summed E-state index contributed by atoms with van der Waals surface area (Å²) in [5.74, 6) is 0.355. The molecule has 0 aliphatic heterocycles. The molecule has 1 aromatic rings. The van der Waals surface area contributed by atoms with Gasteiger partial charge in [0.2, 0.25) is 0 Å². The molecule has 1 aromatic carbocycles. The van der Waals surface area contributed by atoms with Gasteiger partial charge < -0.3 is 9.57 Å². The lowest BCUT2D eigenvalue weighted by molar-refractivity contribution is 0.149. The zero-order chi connectivity index (χ0) is 10.4. The first-order valence-electron chi connectivity index (χ1n) is 4.19. The third-order valence-electron chi connectivity index (χ3n) is 1.51. The Bertz CT molecular complexity index is 326. The first-order chi connectivity index (χ1) is 6.79. The molecule has 1 rings (SSSR count). The molecule has 0 atom stereocenters. The zero-order valence-corrected chi connectivity index (χ0v) is 8.84. The van der Waals surface area contributed by atoms with Crippen molar-refractivity contribution in [1.29, 1.82) is 0 Å². The zero-order valence-electron chi connectivity index (χ0n) is 8.08. The Morgan fingerprint density at radius 3 is 3.00 bits per heavy atom. The van der Waals surface area contributed by atoms with Gasteiger partial charge in [-0.2, -0.15) is 0 Å². The molecule has 0 saturated heterocycles. The van der Waals surface area contributed by atoms with Gasteiger partial charge in [0.25, 0.3) is 5.90 Å². The van der Waals surface area contributed by atoms with Crippen molar-refractivity contribution < 1.29 is 9.57 Å². The molecule has 0 aliphatic carbocycles. The second-order valence-electron chi connectivity index (χ2n) is 2.42. The van der Waals surface area contributed by atoms with E-state index in [9.17, 15) is 0 Å². The molecule has 0 N–H and O–H groups in total. The third-order valence-corrected chi connectivity index (χ3v) is 1.84. The molecular weight excluding hydrogens is 202 g/mol. The Hall–Kier alpha value is -1.22. The van der Waals surface area contributed by atoms with Crippen molar-refractivity contribution in [1.82, 2.24) is 0 Å². The summed E-state index contributed by atoms with van der Waals surface area (Å²) in [4.78, 5) is 4.89. The number of hydrogen-bond acceptors (Lipinski definition) is 3. The van der Waals surface area contributed by atoms with Crippen LogP contribution in [0.25, 0.3) is 0 Å². The molecule has 0 spiro atoms. The summed E-state index contributed by atoms with van der Waals surface area (Å²) in [7, 11) is 1.52. The number of hydrogen-bond donors (Lipinski definition) is 0. The topological polar surface area (TPSA) is 30.8 Å². The van der Waals surface area contributed by atoms with Gasteiger partial charge in [0.1, 0.15) is 6.61 Å². The molecule has 1 radical (unpaired) electrons. The fourth-order valence-electron chi connectivity index (χ4n) is 0.895. The fraction of sp³-hybridized carbons (Fsp3) is 0.300. The maximum atomic E-state index is 5.94. The van der Waals surface area contributed by atoms with Crippen LogP contribution >= 0.6 is 11.6 Å². The van der Waals surface area contributed by atoms with Crippen LogP contribution in [0.5, 0.6) is 0 Å². The summed E-state index contributed by atoms with van der Waals surface area (Å²) in [5.41, 5.74) is 0.671. The summed E-state index contributed by atoms with van der Waals surface area (Å²) in [5, 5.41) is 4.34. The molecule has 0 fully saturated rings. The van der Waals surface area contributed by atoms with Crippen molar-refractivity contribution in [3.8, 4) is 0 Å². The molecule has 0 saturated carbocycles. The van der Waals surface area contributed by atoms with E-state index in [0.717, 1.165) is 0 Å². The first-order valence-corrected chi connectivity index (χ1v) is 4.57. The lowest BCUT2D eigenvalue weighted by Gasteiger charge is -2.05. The highest BCUT2D eigenvalue weighted by molar-refractivity contribution is 6.33. The summed E-state index contributed by atoms with van der Waals surface area (Å²) in [6.45, 7) is 2.33. The predicted octanol–water partition coefficient (Wildman–Crippen LogP) is 2.48. The van der Waals surface area contributed by atoms with Gasteiger partial charge in [-0.15, -0.1) is 0 Å². The van der Waals surface area contributed by atoms with E-state index in [1.54, 1.807) is 18.2 Å². The Morgan fingerprint density at radius 1 is 1.64 bits per heavy atom. The van der Waals surface area contributed by atoms with Crippen LogP contribution in [0.2, 0.25) is 5.02 Å². The number of ether oxygens (including phenoxy) is 1. The van der Waals surface area contributed by atoms with Crippen LogP contribution in [0.1, 0.15) is 12.5 Å². The van der Waals surface area contributed by atoms with Crippen LogP contribution in [-0.2, 0) is 9.57 Å². The highest BCUT2D eigenvalue weighted by Gasteiger charge is 2.07. The SMILES string of the molecule is CCON=C(OC)c1c[c]ccc1Cl. The average Bonchev–Trinajstić information content (AvgIpc) is 2.21. The monoisotopic (exact) mass is 212 g/mol. The molecule has 0 aliphatic rings.